The van der Waals surface area contributed by atoms with Crippen molar-refractivity contribution in [3.8, 4) is 11.1 Å². The summed E-state index contributed by atoms with van der Waals surface area (Å²) in [5.74, 6) is 0.0792. The number of aromatic nitrogens is 2. The molecule has 0 aliphatic heterocycles. The molecule has 10 heteroatoms. The molecule has 6 aromatic rings. The van der Waals surface area contributed by atoms with E-state index in [1.807, 2.05) is 42.5 Å². The zero-order valence-electron chi connectivity index (χ0n) is 21.4. The zero-order chi connectivity index (χ0) is 28.1. The molecule has 0 aliphatic carbocycles. The summed E-state index contributed by atoms with van der Waals surface area (Å²) in [6.45, 7) is 0. The van der Waals surface area contributed by atoms with Crippen LogP contribution in [0.2, 0.25) is 5.15 Å². The summed E-state index contributed by atoms with van der Waals surface area (Å²) in [5, 5.41) is 5.64. The number of benzene rings is 2. The molecule has 0 atom stereocenters. The fourth-order valence-corrected chi connectivity index (χ4v) is 5.92. The number of rotatable bonds is 5. The quantitative estimate of drug-likeness (QED) is 0.160. The van der Waals surface area contributed by atoms with Crippen molar-refractivity contribution in [1.29, 1.82) is 0 Å². The van der Waals surface area contributed by atoms with Crippen LogP contribution in [0.3, 0.4) is 0 Å². The molecule has 0 fully saturated rings. The van der Waals surface area contributed by atoms with Crippen molar-refractivity contribution in [1.82, 2.24) is 9.97 Å². The van der Waals surface area contributed by atoms with E-state index in [1.54, 1.807) is 24.5 Å². The lowest BCUT2D eigenvalue weighted by molar-refractivity contribution is 0.0597. The van der Waals surface area contributed by atoms with Gasteiger partial charge in [0.1, 0.15) is 20.7 Å². The predicted molar refractivity (Wildman–Crippen MR) is 162 cm³/mol. The summed E-state index contributed by atoms with van der Waals surface area (Å²) < 4.78 is 11.3. The number of fused-ring (bicyclic) bond motifs is 2. The molecular formula is C30H22ClN3O4S2. The molecule has 6 rings (SSSR count). The normalized spacial score (nSPS) is 10.6. The highest BCUT2D eigenvalue weighted by Crippen LogP contribution is 2.30. The number of hydrogen-bond acceptors (Lipinski definition) is 9. The Kier molecular flexibility index (Phi) is 8.35. The van der Waals surface area contributed by atoms with Crippen molar-refractivity contribution in [3.63, 3.8) is 0 Å². The maximum Gasteiger partial charge on any atom is 0.348 e. The topological polar surface area (TPSA) is 90.4 Å². The fourth-order valence-electron chi connectivity index (χ4n) is 3.89. The second kappa shape index (κ2) is 12.3. The molecule has 1 N–H and O–H groups in total. The van der Waals surface area contributed by atoms with E-state index in [1.165, 1.54) is 42.5 Å². The van der Waals surface area contributed by atoms with Crippen LogP contribution in [0.25, 0.3) is 31.3 Å². The number of anilines is 2. The number of carbonyl (C=O) groups is 2. The van der Waals surface area contributed by atoms with Crippen LogP contribution in [-0.2, 0) is 9.47 Å². The lowest BCUT2D eigenvalue weighted by Crippen LogP contribution is -1.96. The molecular weight excluding hydrogens is 566 g/mol. The standard InChI is InChI=1S/C21H16N2O2S.C9H6ClNO2S/c1-25-21(24)18-11-16-12-20(22-13-19(16)26-18)23-17-9-5-8-15(10-17)14-6-3-2-4-7-14;1-13-9(12)6-2-5-3-8(10)11-4-7(5)14-6/h2-13H,1H3,(H,22,23);2-4H,1H3. The van der Waals surface area contributed by atoms with E-state index >= 15 is 0 Å². The second-order valence-electron chi connectivity index (χ2n) is 8.43. The smallest absolute Gasteiger partial charge is 0.348 e. The van der Waals surface area contributed by atoms with Gasteiger partial charge in [0.2, 0.25) is 0 Å². The molecule has 0 amide bonds. The van der Waals surface area contributed by atoms with Gasteiger partial charge in [0.15, 0.2) is 0 Å². The van der Waals surface area contributed by atoms with Crippen LogP contribution in [0.1, 0.15) is 19.3 Å². The molecule has 4 aromatic heterocycles. The van der Waals surface area contributed by atoms with Crippen molar-refractivity contribution in [2.24, 2.45) is 0 Å². The minimum absolute atomic E-state index is 0.323. The lowest BCUT2D eigenvalue weighted by Gasteiger charge is -2.08. The number of carbonyl (C=O) groups excluding carboxylic acids is 2. The van der Waals surface area contributed by atoms with E-state index in [0.717, 1.165) is 37.2 Å². The number of ether oxygens (including phenoxy) is 2. The molecule has 0 spiro atoms. The van der Waals surface area contributed by atoms with Crippen LogP contribution >= 0.6 is 34.3 Å². The van der Waals surface area contributed by atoms with Gasteiger partial charge in [0, 0.05) is 18.1 Å². The highest BCUT2D eigenvalue weighted by molar-refractivity contribution is 7.21. The van der Waals surface area contributed by atoms with Crippen LogP contribution in [0.5, 0.6) is 0 Å². The van der Waals surface area contributed by atoms with Crippen LogP contribution in [-0.4, -0.2) is 36.1 Å². The first-order valence-corrected chi connectivity index (χ1v) is 14.0. The van der Waals surface area contributed by atoms with Gasteiger partial charge in [-0.25, -0.2) is 19.6 Å². The second-order valence-corrected chi connectivity index (χ2v) is 11.0. The minimum Gasteiger partial charge on any atom is -0.465 e. The third kappa shape index (κ3) is 6.28. The summed E-state index contributed by atoms with van der Waals surface area (Å²) >= 11 is 8.44. The Morgan fingerprint density at radius 3 is 1.98 bits per heavy atom. The Morgan fingerprint density at radius 1 is 0.725 bits per heavy atom. The van der Waals surface area contributed by atoms with Crippen molar-refractivity contribution < 1.29 is 19.1 Å². The number of pyridine rings is 2. The van der Waals surface area contributed by atoms with Gasteiger partial charge in [0.05, 0.1) is 23.6 Å². The monoisotopic (exact) mass is 587 g/mol. The van der Waals surface area contributed by atoms with Gasteiger partial charge in [-0.05, 0) is 58.3 Å². The van der Waals surface area contributed by atoms with E-state index in [9.17, 15) is 9.59 Å². The van der Waals surface area contributed by atoms with E-state index in [-0.39, 0.29) is 11.9 Å². The van der Waals surface area contributed by atoms with Gasteiger partial charge in [0.25, 0.3) is 0 Å². The zero-order valence-corrected chi connectivity index (χ0v) is 23.8. The third-order valence-electron chi connectivity index (χ3n) is 5.79. The van der Waals surface area contributed by atoms with Crippen molar-refractivity contribution in [2.75, 3.05) is 19.5 Å². The maximum atomic E-state index is 11.7. The van der Waals surface area contributed by atoms with E-state index in [4.69, 9.17) is 16.3 Å². The molecule has 0 radical (unpaired) electrons. The Morgan fingerprint density at radius 2 is 1.32 bits per heavy atom. The van der Waals surface area contributed by atoms with Crippen molar-refractivity contribution in [3.05, 3.63) is 106 Å². The Labute approximate surface area is 243 Å². The number of halogens is 1. The Balaban J connectivity index is 0.000000194. The number of esters is 2. The summed E-state index contributed by atoms with van der Waals surface area (Å²) in [6.07, 6.45) is 3.42. The lowest BCUT2D eigenvalue weighted by atomic mass is 10.1. The first-order valence-electron chi connectivity index (χ1n) is 12.0. The summed E-state index contributed by atoms with van der Waals surface area (Å²) in [7, 11) is 2.75. The molecule has 7 nitrogen and oxygen atoms in total. The molecule has 0 aliphatic rings. The van der Waals surface area contributed by atoms with Crippen LogP contribution in [0.4, 0.5) is 11.5 Å². The highest BCUT2D eigenvalue weighted by Gasteiger charge is 2.12. The average Bonchev–Trinajstić information content (AvgIpc) is 3.61. The largest absolute Gasteiger partial charge is 0.465 e. The molecule has 2 aromatic carbocycles. The van der Waals surface area contributed by atoms with Gasteiger partial charge in [-0.1, -0.05) is 54.1 Å². The SMILES string of the molecule is COC(=O)c1cc2cc(Cl)ncc2s1.COC(=O)c1cc2cc(Nc3cccc(-c4ccccc4)c3)ncc2s1. The van der Waals surface area contributed by atoms with Gasteiger partial charge < -0.3 is 14.8 Å². The van der Waals surface area contributed by atoms with Gasteiger partial charge in [-0.15, -0.1) is 22.7 Å². The Hall–Kier alpha value is -4.31. The number of hydrogen-bond donors (Lipinski definition) is 1. The summed E-state index contributed by atoms with van der Waals surface area (Å²) in [6, 6.07) is 25.7. The van der Waals surface area contributed by atoms with Gasteiger partial charge in [-0.3, -0.25) is 0 Å². The van der Waals surface area contributed by atoms with Crippen molar-refractivity contribution in [2.45, 2.75) is 0 Å². The highest BCUT2D eigenvalue weighted by atomic mass is 35.5. The first-order chi connectivity index (χ1) is 19.4. The number of thiophene rings is 2. The molecule has 0 bridgehead atoms. The first kappa shape index (κ1) is 27.3. The molecule has 40 heavy (non-hydrogen) atoms. The fraction of sp³-hybridized carbons (Fsp3) is 0.0667. The summed E-state index contributed by atoms with van der Waals surface area (Å²) in [4.78, 5) is 32.4. The van der Waals surface area contributed by atoms with Gasteiger partial charge in [-0.2, -0.15) is 0 Å². The van der Waals surface area contributed by atoms with Gasteiger partial charge >= 0.3 is 11.9 Å². The number of methoxy groups -OCH3 is 2. The van der Waals surface area contributed by atoms with E-state index in [2.05, 4.69) is 44.3 Å². The third-order valence-corrected chi connectivity index (χ3v) is 8.13. The molecule has 0 saturated carbocycles. The summed E-state index contributed by atoms with van der Waals surface area (Å²) in [5.41, 5.74) is 3.27. The van der Waals surface area contributed by atoms with Crippen LogP contribution in [0.15, 0.2) is 91.3 Å². The molecule has 200 valence electrons. The van der Waals surface area contributed by atoms with Crippen LogP contribution in [0, 0.1) is 0 Å². The average molecular weight is 588 g/mol. The maximum absolute atomic E-state index is 11.7. The van der Waals surface area contributed by atoms with Crippen LogP contribution < -0.4 is 5.32 Å². The Bertz CT molecular complexity index is 1820. The minimum atomic E-state index is -0.331. The number of nitrogens with one attached hydrogen (secondary N) is 1. The molecule has 4 heterocycles. The predicted octanol–water partition coefficient (Wildman–Crippen LogP) is 8.23. The van der Waals surface area contributed by atoms with E-state index < -0.39 is 0 Å². The van der Waals surface area contributed by atoms with E-state index in [0.29, 0.717) is 14.9 Å². The molecule has 0 saturated heterocycles. The van der Waals surface area contributed by atoms with Crippen molar-refractivity contribution >= 4 is 77.9 Å². The number of nitrogens with zero attached hydrogens (tertiary/aromatic N) is 2. The molecule has 0 unspecified atom stereocenters.